The number of aromatic nitrogens is 1. The zero-order valence-electron chi connectivity index (χ0n) is 9.27. The van der Waals surface area contributed by atoms with Crippen LogP contribution >= 0.6 is 11.6 Å². The molecule has 1 aromatic heterocycles. The summed E-state index contributed by atoms with van der Waals surface area (Å²) >= 11 is 5.85. The zero-order chi connectivity index (χ0) is 11.5. The molecule has 1 fully saturated rings. The molecule has 0 bridgehead atoms. The van der Waals surface area contributed by atoms with Crippen molar-refractivity contribution in [3.8, 4) is 0 Å². The van der Waals surface area contributed by atoms with E-state index in [-0.39, 0.29) is 11.9 Å². The molecule has 0 spiro atoms. The number of halogens is 1. The Bertz CT molecular complexity index is 367. The maximum Gasteiger partial charge on any atom is 0.240 e. The van der Waals surface area contributed by atoms with Crippen molar-refractivity contribution in [2.24, 2.45) is 0 Å². The second-order valence-corrected chi connectivity index (χ2v) is 4.75. The van der Waals surface area contributed by atoms with Crippen molar-refractivity contribution < 1.29 is 4.79 Å². The number of hydrogen-bond acceptors (Lipinski definition) is 2. The van der Waals surface area contributed by atoms with Crippen LogP contribution in [-0.4, -0.2) is 27.7 Å². The Balaban J connectivity index is 2.19. The summed E-state index contributed by atoms with van der Waals surface area (Å²) in [5, 5.41) is -0.447. The second-order valence-electron chi connectivity index (χ2n) is 4.09. The van der Waals surface area contributed by atoms with Crippen LogP contribution in [-0.2, 0) is 4.79 Å². The molecular weight excluding hydrogens is 224 g/mol. The Labute approximate surface area is 100 Å². The minimum absolute atomic E-state index is 0.0213. The van der Waals surface area contributed by atoms with Gasteiger partial charge >= 0.3 is 0 Å². The number of carbonyl (C=O) groups is 1. The van der Waals surface area contributed by atoms with E-state index < -0.39 is 5.38 Å². The Morgan fingerprint density at radius 1 is 1.69 bits per heavy atom. The summed E-state index contributed by atoms with van der Waals surface area (Å²) in [6.07, 6.45) is 5.61. The third-order valence-electron chi connectivity index (χ3n) is 2.95. The fourth-order valence-corrected chi connectivity index (χ4v) is 2.30. The summed E-state index contributed by atoms with van der Waals surface area (Å²) in [5.74, 6) is 0.0213. The smallest absolute Gasteiger partial charge is 0.240 e. The van der Waals surface area contributed by atoms with E-state index in [4.69, 9.17) is 11.6 Å². The molecule has 1 saturated heterocycles. The molecule has 0 aliphatic carbocycles. The van der Waals surface area contributed by atoms with Crippen LogP contribution in [0.25, 0.3) is 0 Å². The molecule has 1 aromatic rings. The Morgan fingerprint density at radius 3 is 3.12 bits per heavy atom. The molecule has 3 nitrogen and oxygen atoms in total. The Kier molecular flexibility index (Phi) is 3.44. The third kappa shape index (κ3) is 2.19. The van der Waals surface area contributed by atoms with Crippen LogP contribution < -0.4 is 0 Å². The first-order valence-electron chi connectivity index (χ1n) is 5.54. The Morgan fingerprint density at radius 2 is 2.50 bits per heavy atom. The highest BCUT2D eigenvalue weighted by molar-refractivity contribution is 6.30. The van der Waals surface area contributed by atoms with Gasteiger partial charge in [-0.15, -0.1) is 11.6 Å². The van der Waals surface area contributed by atoms with E-state index >= 15 is 0 Å². The number of alkyl halides is 1. The van der Waals surface area contributed by atoms with Crippen molar-refractivity contribution in [2.75, 3.05) is 6.54 Å². The lowest BCUT2D eigenvalue weighted by Crippen LogP contribution is -2.35. The molecule has 0 aromatic carbocycles. The molecule has 1 amide bonds. The van der Waals surface area contributed by atoms with Crippen LogP contribution in [0.1, 0.15) is 31.4 Å². The van der Waals surface area contributed by atoms with E-state index in [2.05, 4.69) is 4.98 Å². The van der Waals surface area contributed by atoms with Crippen LogP contribution in [0, 0.1) is 0 Å². The molecule has 0 N–H and O–H groups in total. The second kappa shape index (κ2) is 4.83. The molecule has 2 heterocycles. The van der Waals surface area contributed by atoms with Gasteiger partial charge in [-0.1, -0.05) is 6.07 Å². The Hall–Kier alpha value is -1.09. The van der Waals surface area contributed by atoms with Crippen LogP contribution in [0.15, 0.2) is 24.5 Å². The number of nitrogens with zero attached hydrogens (tertiary/aromatic N) is 2. The van der Waals surface area contributed by atoms with Gasteiger partial charge in [0.05, 0.1) is 6.04 Å². The number of rotatable bonds is 2. The topological polar surface area (TPSA) is 33.2 Å². The van der Waals surface area contributed by atoms with E-state index in [0.29, 0.717) is 0 Å². The first kappa shape index (κ1) is 11.4. The highest BCUT2D eigenvalue weighted by Crippen LogP contribution is 2.32. The van der Waals surface area contributed by atoms with Gasteiger partial charge in [0, 0.05) is 18.9 Å². The highest BCUT2D eigenvalue weighted by atomic mass is 35.5. The monoisotopic (exact) mass is 238 g/mol. The standard InChI is InChI=1S/C12H15ClN2O/c1-9(13)12(16)15-7-3-5-11(15)10-4-2-6-14-8-10/h2,4,6,8-9,11H,3,5,7H2,1H3/t9-,11+/m1/s1. The molecule has 0 saturated carbocycles. The number of carbonyl (C=O) groups excluding carboxylic acids is 1. The predicted octanol–water partition coefficient (Wildman–Crippen LogP) is 2.37. The molecule has 4 heteroatoms. The van der Waals surface area contributed by atoms with E-state index in [1.807, 2.05) is 23.2 Å². The molecule has 86 valence electrons. The molecular formula is C12H15ClN2O. The fraction of sp³-hybridized carbons (Fsp3) is 0.500. The molecule has 0 unspecified atom stereocenters. The third-order valence-corrected chi connectivity index (χ3v) is 3.13. The minimum Gasteiger partial charge on any atom is -0.334 e. The molecule has 2 atom stereocenters. The van der Waals surface area contributed by atoms with Gasteiger partial charge in [-0.2, -0.15) is 0 Å². The zero-order valence-corrected chi connectivity index (χ0v) is 10.0. The molecule has 2 rings (SSSR count). The summed E-state index contributed by atoms with van der Waals surface area (Å²) in [6.45, 7) is 2.53. The number of likely N-dealkylation sites (tertiary alicyclic amines) is 1. The molecule has 0 radical (unpaired) electrons. The van der Waals surface area contributed by atoms with Gasteiger partial charge in [0.2, 0.25) is 5.91 Å². The van der Waals surface area contributed by atoms with Crippen molar-refractivity contribution >= 4 is 17.5 Å². The van der Waals surface area contributed by atoms with Gasteiger partial charge in [0.25, 0.3) is 0 Å². The SMILES string of the molecule is C[C@@H](Cl)C(=O)N1CCC[C@H]1c1cccnc1. The normalized spacial score (nSPS) is 22.1. The van der Waals surface area contributed by atoms with Crippen LogP contribution in [0.4, 0.5) is 0 Å². The minimum atomic E-state index is -0.447. The van der Waals surface area contributed by atoms with Gasteiger partial charge in [0.1, 0.15) is 5.38 Å². The average molecular weight is 239 g/mol. The lowest BCUT2D eigenvalue weighted by atomic mass is 10.1. The van der Waals surface area contributed by atoms with Crippen molar-refractivity contribution in [3.05, 3.63) is 30.1 Å². The van der Waals surface area contributed by atoms with E-state index in [9.17, 15) is 4.79 Å². The van der Waals surface area contributed by atoms with Crippen LogP contribution in [0.3, 0.4) is 0 Å². The van der Waals surface area contributed by atoms with Gasteiger partial charge < -0.3 is 4.90 Å². The maximum atomic E-state index is 11.9. The van der Waals surface area contributed by atoms with Crippen molar-refractivity contribution in [2.45, 2.75) is 31.2 Å². The lowest BCUT2D eigenvalue weighted by molar-refractivity contribution is -0.131. The summed E-state index contributed by atoms with van der Waals surface area (Å²) < 4.78 is 0. The van der Waals surface area contributed by atoms with Gasteiger partial charge in [-0.05, 0) is 31.4 Å². The first-order valence-corrected chi connectivity index (χ1v) is 5.98. The molecule has 16 heavy (non-hydrogen) atoms. The van der Waals surface area contributed by atoms with Gasteiger partial charge in [-0.3, -0.25) is 9.78 Å². The van der Waals surface area contributed by atoms with Gasteiger partial charge in [-0.25, -0.2) is 0 Å². The van der Waals surface area contributed by atoms with E-state index in [0.717, 1.165) is 24.9 Å². The number of amides is 1. The van der Waals surface area contributed by atoms with E-state index in [1.165, 1.54) is 0 Å². The highest BCUT2D eigenvalue weighted by Gasteiger charge is 2.31. The number of hydrogen-bond donors (Lipinski definition) is 0. The largest absolute Gasteiger partial charge is 0.334 e. The summed E-state index contributed by atoms with van der Waals surface area (Å²) in [6, 6.07) is 4.07. The van der Waals surface area contributed by atoms with Crippen molar-refractivity contribution in [1.82, 2.24) is 9.88 Å². The van der Waals surface area contributed by atoms with Crippen LogP contribution in [0.5, 0.6) is 0 Å². The van der Waals surface area contributed by atoms with E-state index in [1.54, 1.807) is 13.1 Å². The van der Waals surface area contributed by atoms with Gasteiger partial charge in [0.15, 0.2) is 0 Å². The fourth-order valence-electron chi connectivity index (χ4n) is 2.18. The van der Waals surface area contributed by atoms with Crippen molar-refractivity contribution in [3.63, 3.8) is 0 Å². The molecule has 1 aliphatic rings. The quantitative estimate of drug-likeness (QED) is 0.742. The average Bonchev–Trinajstić information content (AvgIpc) is 2.77. The van der Waals surface area contributed by atoms with Crippen molar-refractivity contribution in [1.29, 1.82) is 0 Å². The maximum absolute atomic E-state index is 11.9. The van der Waals surface area contributed by atoms with Crippen LogP contribution in [0.2, 0.25) is 0 Å². The summed E-state index contributed by atoms with van der Waals surface area (Å²) in [7, 11) is 0. The predicted molar refractivity (Wildman–Crippen MR) is 63.2 cm³/mol. The number of pyridine rings is 1. The summed E-state index contributed by atoms with van der Waals surface area (Å²) in [4.78, 5) is 17.9. The summed E-state index contributed by atoms with van der Waals surface area (Å²) in [5.41, 5.74) is 1.10. The lowest BCUT2D eigenvalue weighted by Gasteiger charge is -2.25. The molecule has 1 aliphatic heterocycles. The first-order chi connectivity index (χ1) is 7.70.